The van der Waals surface area contributed by atoms with Crippen LogP contribution in [-0.2, 0) is 0 Å². The van der Waals surface area contributed by atoms with Crippen LogP contribution < -0.4 is 5.73 Å². The van der Waals surface area contributed by atoms with Crippen LogP contribution >= 0.6 is 0 Å². The van der Waals surface area contributed by atoms with Crippen molar-refractivity contribution >= 4 is 0 Å². The van der Waals surface area contributed by atoms with Gasteiger partial charge in [-0.15, -0.1) is 0 Å². The molecule has 2 N–H and O–H groups in total. The van der Waals surface area contributed by atoms with E-state index in [0.717, 1.165) is 0 Å². The molecule has 0 aromatic heterocycles. The summed E-state index contributed by atoms with van der Waals surface area (Å²) in [7, 11) is 0. The van der Waals surface area contributed by atoms with Crippen LogP contribution in [0.3, 0.4) is 0 Å². The second-order valence-corrected chi connectivity index (χ2v) is 2.12. The molecule has 0 amide bonds. The first-order chi connectivity index (χ1) is 4.72. The maximum Gasteiger partial charge on any atom is 0.249 e. The number of hydrogen-bond donors (Lipinski definition) is 1. The summed E-state index contributed by atoms with van der Waals surface area (Å²) >= 11 is 0. The van der Waals surface area contributed by atoms with Gasteiger partial charge in [-0.1, -0.05) is 18.2 Å². The molecule has 0 spiro atoms. The lowest BCUT2D eigenvalue weighted by Crippen LogP contribution is -2.38. The summed E-state index contributed by atoms with van der Waals surface area (Å²) in [5.41, 5.74) is 5.40. The summed E-state index contributed by atoms with van der Waals surface area (Å²) in [6, 6.07) is -1.22. The highest BCUT2D eigenvalue weighted by molar-refractivity contribution is 5.17. The zero-order chi connectivity index (χ0) is 7.56. The van der Waals surface area contributed by atoms with Crippen molar-refractivity contribution in [3.8, 4) is 0 Å². The van der Waals surface area contributed by atoms with Gasteiger partial charge in [0.1, 0.15) is 0 Å². The number of allylic oxidation sites excluding steroid dienone is 2. The van der Waals surface area contributed by atoms with Gasteiger partial charge in [0, 0.05) is 4.92 Å². The number of rotatable bonds is 1. The molecule has 1 rings (SSSR count). The monoisotopic (exact) mass is 140 g/mol. The number of nitro groups is 1. The van der Waals surface area contributed by atoms with E-state index in [2.05, 4.69) is 0 Å². The lowest BCUT2D eigenvalue weighted by Gasteiger charge is -2.11. The SMILES string of the molecule is NC1C=CC=CC1[N+](=O)[O-]. The fraction of sp³-hybridized carbons (Fsp3) is 0.333. The summed E-state index contributed by atoms with van der Waals surface area (Å²) < 4.78 is 0. The first kappa shape index (κ1) is 6.95. The largest absolute Gasteiger partial charge is 0.318 e. The molecule has 1 aliphatic rings. The Labute approximate surface area is 58.2 Å². The van der Waals surface area contributed by atoms with Crippen molar-refractivity contribution in [2.24, 2.45) is 5.73 Å². The van der Waals surface area contributed by atoms with E-state index in [9.17, 15) is 10.1 Å². The molecule has 0 bridgehead atoms. The highest BCUT2D eigenvalue weighted by atomic mass is 16.6. The molecule has 0 radical (unpaired) electrons. The van der Waals surface area contributed by atoms with E-state index in [1.165, 1.54) is 6.08 Å². The molecule has 0 aromatic rings. The molecule has 0 saturated heterocycles. The molecule has 10 heavy (non-hydrogen) atoms. The second kappa shape index (κ2) is 2.62. The topological polar surface area (TPSA) is 69.2 Å². The molecular weight excluding hydrogens is 132 g/mol. The van der Waals surface area contributed by atoms with Crippen molar-refractivity contribution in [2.45, 2.75) is 12.1 Å². The molecule has 1 aliphatic carbocycles. The first-order valence-corrected chi connectivity index (χ1v) is 2.96. The molecule has 0 aliphatic heterocycles. The van der Waals surface area contributed by atoms with Crippen LogP contribution in [0.4, 0.5) is 0 Å². The van der Waals surface area contributed by atoms with E-state index >= 15 is 0 Å². The van der Waals surface area contributed by atoms with E-state index in [0.29, 0.717) is 0 Å². The minimum atomic E-state index is -0.745. The van der Waals surface area contributed by atoms with Gasteiger partial charge in [-0.25, -0.2) is 0 Å². The molecule has 54 valence electrons. The van der Waals surface area contributed by atoms with Crippen LogP contribution in [0.1, 0.15) is 0 Å². The second-order valence-electron chi connectivity index (χ2n) is 2.12. The Balaban J connectivity index is 2.70. The maximum absolute atomic E-state index is 10.2. The van der Waals surface area contributed by atoms with Crippen LogP contribution in [0.5, 0.6) is 0 Å². The molecule has 0 saturated carbocycles. The molecule has 4 heteroatoms. The number of hydrogen-bond acceptors (Lipinski definition) is 3. The first-order valence-electron chi connectivity index (χ1n) is 2.96. The Morgan fingerprint density at radius 2 is 2.00 bits per heavy atom. The molecule has 4 nitrogen and oxygen atoms in total. The quantitative estimate of drug-likeness (QED) is 0.414. The number of nitrogens with zero attached hydrogens (tertiary/aromatic N) is 1. The molecular formula is C6H8N2O2. The van der Waals surface area contributed by atoms with Gasteiger partial charge in [-0.3, -0.25) is 10.1 Å². The summed E-state index contributed by atoms with van der Waals surface area (Å²) in [4.78, 5) is 9.82. The van der Waals surface area contributed by atoms with Crippen molar-refractivity contribution in [3.05, 3.63) is 34.4 Å². The lowest BCUT2D eigenvalue weighted by molar-refractivity contribution is -0.510. The Morgan fingerprint density at radius 1 is 1.40 bits per heavy atom. The van der Waals surface area contributed by atoms with Crippen LogP contribution in [-0.4, -0.2) is 17.0 Å². The third kappa shape index (κ3) is 1.22. The predicted octanol–water partition coefficient (Wildman–Crippen LogP) is 0.0850. The normalized spacial score (nSPS) is 30.5. The maximum atomic E-state index is 10.2. The summed E-state index contributed by atoms with van der Waals surface area (Å²) in [5.74, 6) is 0. The van der Waals surface area contributed by atoms with Crippen LogP contribution in [0.25, 0.3) is 0 Å². The minimum absolute atomic E-state index is 0.384. The Morgan fingerprint density at radius 3 is 2.40 bits per heavy atom. The van der Waals surface area contributed by atoms with Crippen molar-refractivity contribution < 1.29 is 4.92 Å². The van der Waals surface area contributed by atoms with Gasteiger partial charge >= 0.3 is 0 Å². The van der Waals surface area contributed by atoms with E-state index < -0.39 is 12.1 Å². The van der Waals surface area contributed by atoms with Crippen molar-refractivity contribution in [2.75, 3.05) is 0 Å². The van der Waals surface area contributed by atoms with E-state index in [1.54, 1.807) is 18.2 Å². The van der Waals surface area contributed by atoms with Gasteiger partial charge < -0.3 is 5.73 Å². The molecule has 2 atom stereocenters. The standard InChI is InChI=1S/C6H8N2O2/c7-5-3-1-2-4-6(5)8(9)10/h1-6H,7H2. The Kier molecular flexibility index (Phi) is 1.82. The fourth-order valence-electron chi connectivity index (χ4n) is 0.823. The van der Waals surface area contributed by atoms with Crippen LogP contribution in [0, 0.1) is 10.1 Å². The van der Waals surface area contributed by atoms with Gasteiger partial charge in [0.25, 0.3) is 0 Å². The lowest BCUT2D eigenvalue weighted by atomic mass is 10.1. The van der Waals surface area contributed by atoms with Crippen molar-refractivity contribution in [1.82, 2.24) is 0 Å². The third-order valence-corrected chi connectivity index (χ3v) is 1.39. The average molecular weight is 140 g/mol. The van der Waals surface area contributed by atoms with Gasteiger partial charge in [0.05, 0.1) is 6.04 Å². The van der Waals surface area contributed by atoms with Crippen molar-refractivity contribution in [3.63, 3.8) is 0 Å². The van der Waals surface area contributed by atoms with Gasteiger partial charge in [-0.2, -0.15) is 0 Å². The predicted molar refractivity (Wildman–Crippen MR) is 37.0 cm³/mol. The summed E-state index contributed by atoms with van der Waals surface area (Å²) in [5, 5.41) is 10.2. The Bertz CT molecular complexity index is 198. The fourth-order valence-corrected chi connectivity index (χ4v) is 0.823. The van der Waals surface area contributed by atoms with Crippen molar-refractivity contribution in [1.29, 1.82) is 0 Å². The minimum Gasteiger partial charge on any atom is -0.318 e. The van der Waals surface area contributed by atoms with Gasteiger partial charge in [-0.05, 0) is 6.08 Å². The molecule has 0 heterocycles. The zero-order valence-electron chi connectivity index (χ0n) is 5.31. The van der Waals surface area contributed by atoms with Gasteiger partial charge in [0.2, 0.25) is 6.04 Å². The summed E-state index contributed by atoms with van der Waals surface area (Å²) in [6.45, 7) is 0. The highest BCUT2D eigenvalue weighted by Crippen LogP contribution is 2.04. The molecule has 0 fully saturated rings. The molecule has 2 unspecified atom stereocenters. The van der Waals surface area contributed by atoms with E-state index in [1.807, 2.05) is 0 Å². The van der Waals surface area contributed by atoms with Crippen LogP contribution in [0.2, 0.25) is 0 Å². The average Bonchev–Trinajstić information content (AvgIpc) is 1.88. The van der Waals surface area contributed by atoms with E-state index in [4.69, 9.17) is 5.73 Å². The Hall–Kier alpha value is -1.16. The van der Waals surface area contributed by atoms with Crippen LogP contribution in [0.15, 0.2) is 24.3 Å². The van der Waals surface area contributed by atoms with Gasteiger partial charge in [0.15, 0.2) is 0 Å². The third-order valence-electron chi connectivity index (χ3n) is 1.39. The van der Waals surface area contributed by atoms with E-state index in [-0.39, 0.29) is 4.92 Å². The highest BCUT2D eigenvalue weighted by Gasteiger charge is 2.24. The summed E-state index contributed by atoms with van der Waals surface area (Å²) in [6.07, 6.45) is 6.46. The zero-order valence-corrected chi connectivity index (χ0v) is 5.31. The number of nitrogens with two attached hydrogens (primary N) is 1. The smallest absolute Gasteiger partial charge is 0.249 e. The molecule has 0 aromatic carbocycles.